The van der Waals surface area contributed by atoms with E-state index in [2.05, 4.69) is 31.6 Å². The summed E-state index contributed by atoms with van der Waals surface area (Å²) in [5.41, 5.74) is 6.76. The number of benzene rings is 1. The highest BCUT2D eigenvalue weighted by molar-refractivity contribution is 9.10. The van der Waals surface area contributed by atoms with E-state index in [-0.39, 0.29) is 18.1 Å². The Bertz CT molecular complexity index is 797. The number of anilines is 1. The molecule has 0 bridgehead atoms. The lowest BCUT2D eigenvalue weighted by Crippen LogP contribution is -2.24. The summed E-state index contributed by atoms with van der Waals surface area (Å²) in [7, 11) is 0. The lowest BCUT2D eigenvalue weighted by atomic mass is 10.3. The van der Waals surface area contributed by atoms with E-state index in [1.165, 1.54) is 4.68 Å². The van der Waals surface area contributed by atoms with Crippen LogP contribution in [0.4, 0.5) is 5.82 Å². The minimum absolute atomic E-state index is 0.0755. The second-order valence-corrected chi connectivity index (χ2v) is 5.39. The molecule has 8 heteroatoms. The maximum atomic E-state index is 12.1. The summed E-state index contributed by atoms with van der Waals surface area (Å²) >= 11 is 3.37. The van der Waals surface area contributed by atoms with Crippen molar-refractivity contribution in [2.24, 2.45) is 0 Å². The van der Waals surface area contributed by atoms with Crippen molar-refractivity contribution < 1.29 is 9.21 Å². The fourth-order valence-corrected chi connectivity index (χ4v) is 2.30. The van der Waals surface area contributed by atoms with E-state index in [0.29, 0.717) is 11.4 Å². The van der Waals surface area contributed by atoms with Crippen molar-refractivity contribution in [1.29, 1.82) is 0 Å². The van der Waals surface area contributed by atoms with Gasteiger partial charge in [-0.15, -0.1) is 5.10 Å². The van der Waals surface area contributed by atoms with Gasteiger partial charge in [0.05, 0.1) is 18.5 Å². The van der Waals surface area contributed by atoms with Gasteiger partial charge in [-0.2, -0.15) is 4.68 Å². The summed E-state index contributed by atoms with van der Waals surface area (Å²) in [6.07, 6.45) is 1.54. The van der Waals surface area contributed by atoms with Crippen molar-refractivity contribution in [1.82, 2.24) is 20.3 Å². The lowest BCUT2D eigenvalue weighted by Gasteiger charge is -2.04. The van der Waals surface area contributed by atoms with Gasteiger partial charge in [-0.25, -0.2) is 0 Å². The SMILES string of the molecule is Nc1c(C(=O)NCc2ccco2)nnn1-c1cccc(Br)c1. The molecule has 0 aliphatic heterocycles. The summed E-state index contributed by atoms with van der Waals surface area (Å²) in [4.78, 5) is 12.1. The second kappa shape index (κ2) is 6.02. The summed E-state index contributed by atoms with van der Waals surface area (Å²) in [5, 5.41) is 10.5. The first-order valence-corrected chi connectivity index (χ1v) is 7.22. The van der Waals surface area contributed by atoms with E-state index >= 15 is 0 Å². The van der Waals surface area contributed by atoms with Crippen molar-refractivity contribution in [2.45, 2.75) is 6.54 Å². The Morgan fingerprint density at radius 2 is 2.23 bits per heavy atom. The molecule has 3 rings (SSSR count). The second-order valence-electron chi connectivity index (χ2n) is 4.48. The molecule has 0 unspecified atom stereocenters. The fourth-order valence-electron chi connectivity index (χ4n) is 1.91. The Morgan fingerprint density at radius 1 is 1.36 bits per heavy atom. The third-order valence-electron chi connectivity index (χ3n) is 2.98. The number of hydrogen-bond acceptors (Lipinski definition) is 5. The van der Waals surface area contributed by atoms with Crippen molar-refractivity contribution in [3.8, 4) is 5.69 Å². The molecule has 1 amide bonds. The zero-order chi connectivity index (χ0) is 15.5. The number of amides is 1. The van der Waals surface area contributed by atoms with Gasteiger partial charge in [0, 0.05) is 4.47 Å². The van der Waals surface area contributed by atoms with Gasteiger partial charge >= 0.3 is 0 Å². The first kappa shape index (κ1) is 14.3. The number of furan rings is 1. The molecule has 3 aromatic rings. The van der Waals surface area contributed by atoms with Gasteiger partial charge in [-0.3, -0.25) is 4.79 Å². The van der Waals surface area contributed by atoms with Crippen molar-refractivity contribution in [3.63, 3.8) is 0 Å². The van der Waals surface area contributed by atoms with Crippen molar-refractivity contribution in [2.75, 3.05) is 5.73 Å². The molecule has 0 atom stereocenters. The van der Waals surface area contributed by atoms with Crippen LogP contribution in [-0.2, 0) is 6.54 Å². The highest BCUT2D eigenvalue weighted by Gasteiger charge is 2.18. The minimum Gasteiger partial charge on any atom is -0.467 e. The van der Waals surface area contributed by atoms with E-state index in [1.54, 1.807) is 18.4 Å². The smallest absolute Gasteiger partial charge is 0.276 e. The minimum atomic E-state index is -0.407. The van der Waals surface area contributed by atoms with Crippen LogP contribution in [0, 0.1) is 0 Å². The maximum absolute atomic E-state index is 12.1. The van der Waals surface area contributed by atoms with Gasteiger partial charge in [-0.1, -0.05) is 27.2 Å². The summed E-state index contributed by atoms with van der Waals surface area (Å²) in [6.45, 7) is 0.259. The Hall–Kier alpha value is -2.61. The molecule has 3 N–H and O–H groups in total. The van der Waals surface area contributed by atoms with Gasteiger partial charge in [0.25, 0.3) is 5.91 Å². The summed E-state index contributed by atoms with van der Waals surface area (Å²) < 4.78 is 7.43. The van der Waals surface area contributed by atoms with Crippen LogP contribution in [0.1, 0.15) is 16.2 Å². The number of hydrogen-bond donors (Lipinski definition) is 2. The third-order valence-corrected chi connectivity index (χ3v) is 3.47. The van der Waals surface area contributed by atoms with E-state index < -0.39 is 5.91 Å². The molecule has 0 spiro atoms. The first-order valence-electron chi connectivity index (χ1n) is 6.43. The maximum Gasteiger partial charge on any atom is 0.276 e. The number of halogens is 1. The normalized spacial score (nSPS) is 10.6. The molecule has 2 aromatic heterocycles. The largest absolute Gasteiger partial charge is 0.467 e. The molecule has 0 saturated carbocycles. The number of aromatic nitrogens is 3. The predicted molar refractivity (Wildman–Crippen MR) is 83.3 cm³/mol. The highest BCUT2D eigenvalue weighted by atomic mass is 79.9. The number of rotatable bonds is 4. The van der Waals surface area contributed by atoms with Crippen LogP contribution >= 0.6 is 15.9 Å². The molecule has 0 saturated heterocycles. The average Bonchev–Trinajstić information content (AvgIpc) is 3.14. The van der Waals surface area contributed by atoms with E-state index in [9.17, 15) is 4.79 Å². The average molecular weight is 362 g/mol. The number of nitrogen functional groups attached to an aromatic ring is 1. The molecule has 0 fully saturated rings. The molecule has 112 valence electrons. The molecule has 2 heterocycles. The van der Waals surface area contributed by atoms with Gasteiger partial charge in [0.1, 0.15) is 5.76 Å². The van der Waals surface area contributed by atoms with Gasteiger partial charge in [0.15, 0.2) is 11.5 Å². The van der Waals surface area contributed by atoms with Crippen LogP contribution in [0.3, 0.4) is 0 Å². The van der Waals surface area contributed by atoms with Crippen LogP contribution in [0.25, 0.3) is 5.69 Å². The van der Waals surface area contributed by atoms with E-state index in [4.69, 9.17) is 10.2 Å². The van der Waals surface area contributed by atoms with E-state index in [1.807, 2.05) is 24.3 Å². The number of nitrogens with zero attached hydrogens (tertiary/aromatic N) is 3. The molecule has 0 radical (unpaired) electrons. The predicted octanol–water partition coefficient (Wildman–Crippen LogP) is 2.13. The fraction of sp³-hybridized carbons (Fsp3) is 0.0714. The molecule has 22 heavy (non-hydrogen) atoms. The molecular weight excluding hydrogens is 350 g/mol. The summed E-state index contributed by atoms with van der Waals surface area (Å²) in [6, 6.07) is 10.9. The van der Waals surface area contributed by atoms with Gasteiger partial charge in [0.2, 0.25) is 0 Å². The number of nitrogens with two attached hydrogens (primary N) is 1. The summed E-state index contributed by atoms with van der Waals surface area (Å²) in [5.74, 6) is 0.413. The topological polar surface area (TPSA) is 99.0 Å². The lowest BCUT2D eigenvalue weighted by molar-refractivity contribution is 0.0944. The zero-order valence-corrected chi connectivity index (χ0v) is 12.9. The molecule has 0 aliphatic rings. The molecule has 7 nitrogen and oxygen atoms in total. The van der Waals surface area contributed by atoms with Gasteiger partial charge in [-0.05, 0) is 30.3 Å². The number of carbonyl (C=O) groups excluding carboxylic acids is 1. The Kier molecular flexibility index (Phi) is 3.92. The van der Waals surface area contributed by atoms with Crippen LogP contribution in [-0.4, -0.2) is 20.9 Å². The first-order chi connectivity index (χ1) is 10.6. The van der Waals surface area contributed by atoms with Crippen molar-refractivity contribution in [3.05, 3.63) is 58.6 Å². The molecule has 1 aromatic carbocycles. The highest BCUT2D eigenvalue weighted by Crippen LogP contribution is 2.18. The standard InChI is InChI=1S/C14H12BrN5O2/c15-9-3-1-4-10(7-9)20-13(16)12(18-19-20)14(21)17-8-11-5-2-6-22-11/h1-7H,8,16H2,(H,17,21). The molecular formula is C14H12BrN5O2. The van der Waals surface area contributed by atoms with Crippen LogP contribution in [0.2, 0.25) is 0 Å². The quantitative estimate of drug-likeness (QED) is 0.741. The third kappa shape index (κ3) is 2.86. The van der Waals surface area contributed by atoms with Crippen molar-refractivity contribution >= 4 is 27.7 Å². The van der Waals surface area contributed by atoms with Crippen LogP contribution in [0.15, 0.2) is 51.6 Å². The zero-order valence-electron chi connectivity index (χ0n) is 11.4. The number of nitrogens with one attached hydrogen (secondary N) is 1. The van der Waals surface area contributed by atoms with Crippen LogP contribution < -0.4 is 11.1 Å². The molecule has 0 aliphatic carbocycles. The van der Waals surface area contributed by atoms with Gasteiger partial charge < -0.3 is 15.5 Å². The van der Waals surface area contributed by atoms with E-state index in [0.717, 1.165) is 4.47 Å². The van der Waals surface area contributed by atoms with Crippen LogP contribution in [0.5, 0.6) is 0 Å². The monoisotopic (exact) mass is 361 g/mol. The number of carbonyl (C=O) groups is 1. The Balaban J connectivity index is 1.79. The Morgan fingerprint density at radius 3 is 2.95 bits per heavy atom. The Labute approximate surface area is 134 Å².